The maximum atomic E-state index is 12.7. The zero-order chi connectivity index (χ0) is 16.7. The lowest BCUT2D eigenvalue weighted by Crippen LogP contribution is -2.26. The first-order chi connectivity index (χ1) is 10.9. The molecule has 9 heteroatoms. The molecule has 0 aromatic carbocycles. The lowest BCUT2D eigenvalue weighted by Gasteiger charge is -2.15. The van der Waals surface area contributed by atoms with Gasteiger partial charge in [-0.25, -0.2) is 4.98 Å². The summed E-state index contributed by atoms with van der Waals surface area (Å²) in [5.74, 6) is -0.125. The van der Waals surface area contributed by atoms with Gasteiger partial charge in [-0.3, -0.25) is 9.59 Å². The smallest absolute Gasteiger partial charge is 0.264 e. The van der Waals surface area contributed by atoms with Crippen molar-refractivity contribution in [1.82, 2.24) is 24.0 Å². The van der Waals surface area contributed by atoms with Gasteiger partial charge >= 0.3 is 0 Å². The van der Waals surface area contributed by atoms with Crippen molar-refractivity contribution in [2.75, 3.05) is 7.05 Å². The zero-order valence-corrected chi connectivity index (χ0v) is 14.8. The topological polar surface area (TPSA) is 81.0 Å². The lowest BCUT2D eigenvalue weighted by atomic mass is 10.2. The van der Waals surface area contributed by atoms with Gasteiger partial charge in [0.15, 0.2) is 0 Å². The second kappa shape index (κ2) is 5.82. The van der Waals surface area contributed by atoms with Crippen LogP contribution in [0.15, 0.2) is 11.1 Å². The average Bonchev–Trinajstić information content (AvgIpc) is 3.07. The molecule has 0 aliphatic heterocycles. The van der Waals surface area contributed by atoms with Crippen LogP contribution in [0.5, 0.6) is 0 Å². The highest BCUT2D eigenvalue weighted by molar-refractivity contribution is 7.20. The van der Waals surface area contributed by atoms with Gasteiger partial charge in [-0.15, -0.1) is 16.4 Å². The number of aromatic nitrogens is 4. The molecule has 0 radical (unpaired) electrons. The summed E-state index contributed by atoms with van der Waals surface area (Å²) in [6, 6.07) is 0. The Morgan fingerprint density at radius 1 is 1.39 bits per heavy atom. The van der Waals surface area contributed by atoms with E-state index in [9.17, 15) is 9.59 Å². The summed E-state index contributed by atoms with van der Waals surface area (Å²) in [7, 11) is 3.38. The molecule has 120 valence electrons. The first kappa shape index (κ1) is 15.8. The van der Waals surface area contributed by atoms with E-state index in [1.54, 1.807) is 25.9 Å². The van der Waals surface area contributed by atoms with Crippen LogP contribution >= 0.6 is 22.9 Å². The maximum absolute atomic E-state index is 12.7. The molecule has 0 N–H and O–H groups in total. The molecule has 3 aromatic heterocycles. The third-order valence-electron chi connectivity index (χ3n) is 3.68. The standard InChI is InChI=1S/C14H15N5O2S2/c1-7-10-12(15-6-19(4)13(10)20)22-11(7)14(21)18(3)5-9-8(2)16-17-23-9/h6H,5H2,1-4H3. The summed E-state index contributed by atoms with van der Waals surface area (Å²) in [4.78, 5) is 32.9. The van der Waals surface area contributed by atoms with E-state index in [1.165, 1.54) is 33.8 Å². The molecule has 0 saturated carbocycles. The number of thiophene rings is 1. The van der Waals surface area contributed by atoms with Crippen LogP contribution in [0.1, 0.15) is 25.8 Å². The minimum Gasteiger partial charge on any atom is -0.336 e. The molecule has 0 bridgehead atoms. The molecule has 23 heavy (non-hydrogen) atoms. The Balaban J connectivity index is 1.98. The minimum absolute atomic E-state index is 0.125. The van der Waals surface area contributed by atoms with Crippen LogP contribution in [0.25, 0.3) is 10.2 Å². The number of carbonyl (C=O) groups is 1. The van der Waals surface area contributed by atoms with E-state index >= 15 is 0 Å². The van der Waals surface area contributed by atoms with Gasteiger partial charge in [0, 0.05) is 14.1 Å². The zero-order valence-electron chi connectivity index (χ0n) is 13.2. The Kier molecular flexibility index (Phi) is 3.99. The van der Waals surface area contributed by atoms with Crippen molar-refractivity contribution < 1.29 is 4.79 Å². The van der Waals surface area contributed by atoms with Crippen molar-refractivity contribution in [3.05, 3.63) is 37.7 Å². The number of carbonyl (C=O) groups excluding carboxylic acids is 1. The molecule has 0 aliphatic rings. The first-order valence-corrected chi connectivity index (χ1v) is 8.47. The van der Waals surface area contributed by atoms with E-state index in [2.05, 4.69) is 14.6 Å². The molecule has 0 aliphatic carbocycles. The van der Waals surface area contributed by atoms with Crippen molar-refractivity contribution in [1.29, 1.82) is 0 Å². The van der Waals surface area contributed by atoms with Crippen LogP contribution in [0.2, 0.25) is 0 Å². The van der Waals surface area contributed by atoms with Crippen LogP contribution in [0.3, 0.4) is 0 Å². The van der Waals surface area contributed by atoms with Crippen molar-refractivity contribution in [2.45, 2.75) is 20.4 Å². The van der Waals surface area contributed by atoms with Gasteiger partial charge in [0.1, 0.15) is 4.83 Å². The molecule has 3 rings (SSSR count). The largest absolute Gasteiger partial charge is 0.336 e. The molecule has 3 heterocycles. The predicted molar refractivity (Wildman–Crippen MR) is 90.0 cm³/mol. The van der Waals surface area contributed by atoms with Gasteiger partial charge in [-0.2, -0.15) is 0 Å². The Morgan fingerprint density at radius 2 is 2.13 bits per heavy atom. The number of rotatable bonds is 3. The first-order valence-electron chi connectivity index (χ1n) is 6.88. The van der Waals surface area contributed by atoms with E-state index in [4.69, 9.17) is 0 Å². The number of nitrogens with zero attached hydrogens (tertiary/aromatic N) is 5. The highest BCUT2D eigenvalue weighted by Crippen LogP contribution is 2.28. The Morgan fingerprint density at radius 3 is 2.78 bits per heavy atom. The van der Waals surface area contributed by atoms with E-state index in [0.717, 1.165) is 10.6 Å². The quantitative estimate of drug-likeness (QED) is 0.719. The van der Waals surface area contributed by atoms with Crippen LogP contribution in [0.4, 0.5) is 0 Å². The average molecular weight is 349 g/mol. The van der Waals surface area contributed by atoms with Crippen molar-refractivity contribution in [3.63, 3.8) is 0 Å². The minimum atomic E-state index is -0.132. The maximum Gasteiger partial charge on any atom is 0.264 e. The summed E-state index contributed by atoms with van der Waals surface area (Å²) in [6.45, 7) is 4.11. The van der Waals surface area contributed by atoms with Gasteiger partial charge < -0.3 is 9.47 Å². The fourth-order valence-electron chi connectivity index (χ4n) is 2.27. The molecule has 3 aromatic rings. The van der Waals surface area contributed by atoms with Crippen LogP contribution in [0, 0.1) is 13.8 Å². The van der Waals surface area contributed by atoms with E-state index in [-0.39, 0.29) is 11.5 Å². The van der Waals surface area contributed by atoms with Gasteiger partial charge in [-0.1, -0.05) is 4.49 Å². The van der Waals surface area contributed by atoms with Gasteiger partial charge in [-0.05, 0) is 30.9 Å². The monoisotopic (exact) mass is 349 g/mol. The summed E-state index contributed by atoms with van der Waals surface area (Å²) >= 11 is 2.54. The van der Waals surface area contributed by atoms with Crippen LogP contribution in [-0.4, -0.2) is 37.0 Å². The Labute approximate surface area is 140 Å². The van der Waals surface area contributed by atoms with E-state index in [0.29, 0.717) is 27.2 Å². The third-order valence-corrected chi connectivity index (χ3v) is 5.67. The molecule has 0 spiro atoms. The number of hydrogen-bond donors (Lipinski definition) is 0. The van der Waals surface area contributed by atoms with Crippen molar-refractivity contribution in [3.8, 4) is 0 Å². The SMILES string of the molecule is Cc1nnsc1CN(C)C(=O)c1sc2ncn(C)c(=O)c2c1C. The number of amides is 1. The van der Waals surface area contributed by atoms with Gasteiger partial charge in [0.25, 0.3) is 11.5 Å². The highest BCUT2D eigenvalue weighted by atomic mass is 32.1. The molecule has 0 fully saturated rings. The Bertz CT molecular complexity index is 956. The summed E-state index contributed by atoms with van der Waals surface area (Å²) in [5, 5.41) is 4.48. The highest BCUT2D eigenvalue weighted by Gasteiger charge is 2.22. The Hall–Kier alpha value is -2.13. The van der Waals surface area contributed by atoms with Crippen LogP contribution < -0.4 is 5.56 Å². The molecule has 7 nitrogen and oxygen atoms in total. The fourth-order valence-corrected chi connectivity index (χ4v) is 4.09. The predicted octanol–water partition coefficient (Wildman–Crippen LogP) is 1.74. The summed E-state index contributed by atoms with van der Waals surface area (Å²) in [5.41, 5.74) is 1.39. The molecule has 0 unspecified atom stereocenters. The van der Waals surface area contributed by atoms with E-state index in [1.807, 2.05) is 6.92 Å². The van der Waals surface area contributed by atoms with Gasteiger partial charge in [0.05, 0.1) is 33.7 Å². The van der Waals surface area contributed by atoms with E-state index < -0.39 is 0 Å². The summed E-state index contributed by atoms with van der Waals surface area (Å²) in [6.07, 6.45) is 1.48. The second-order valence-corrected chi connectivity index (χ2v) is 7.18. The second-order valence-electron chi connectivity index (χ2n) is 5.34. The molecule has 1 amide bonds. The van der Waals surface area contributed by atoms with Crippen molar-refractivity contribution in [2.24, 2.45) is 7.05 Å². The fraction of sp³-hybridized carbons (Fsp3) is 0.357. The van der Waals surface area contributed by atoms with Crippen LogP contribution in [-0.2, 0) is 13.6 Å². The third kappa shape index (κ3) is 2.66. The molecule has 0 atom stereocenters. The number of hydrogen-bond acceptors (Lipinski definition) is 7. The molecular weight excluding hydrogens is 334 g/mol. The number of fused-ring (bicyclic) bond motifs is 1. The normalized spacial score (nSPS) is 11.1. The molecule has 0 saturated heterocycles. The lowest BCUT2D eigenvalue weighted by molar-refractivity contribution is 0.0790. The number of aryl methyl sites for hydroxylation is 3. The summed E-state index contributed by atoms with van der Waals surface area (Å²) < 4.78 is 5.31. The van der Waals surface area contributed by atoms with Crippen molar-refractivity contribution >= 4 is 39.0 Å². The molecular formula is C14H15N5O2S2. The van der Waals surface area contributed by atoms with Gasteiger partial charge in [0.2, 0.25) is 0 Å².